The predicted octanol–water partition coefficient (Wildman–Crippen LogP) is 5.56. The van der Waals surface area contributed by atoms with Crippen LogP contribution in [-0.4, -0.2) is 11.9 Å². The van der Waals surface area contributed by atoms with Crippen LogP contribution in [0.15, 0.2) is 65.7 Å². The van der Waals surface area contributed by atoms with Crippen LogP contribution in [0.5, 0.6) is 0 Å². The van der Waals surface area contributed by atoms with Crippen molar-refractivity contribution in [2.24, 2.45) is 0 Å². The number of carbonyl (C=O) groups is 2. The topological polar surface area (TPSA) is 43.4 Å². The number of ether oxygens (including phenoxy) is 1. The molecule has 3 rings (SSSR count). The largest absolute Gasteiger partial charge is 0.386 e. The summed E-state index contributed by atoms with van der Waals surface area (Å²) in [4.78, 5) is 22.9. The zero-order valence-electron chi connectivity index (χ0n) is 16.6. The molecule has 2 aromatic rings. The fraction of sp³-hybridized carbons (Fsp3) is 0.360. The fourth-order valence-electron chi connectivity index (χ4n) is 3.68. The van der Waals surface area contributed by atoms with Gasteiger partial charge in [-0.15, -0.1) is 0 Å². The minimum absolute atomic E-state index is 0.446. The zero-order valence-corrected chi connectivity index (χ0v) is 16.6. The Bertz CT molecular complexity index is 849. The third-order valence-electron chi connectivity index (χ3n) is 5.33. The molecule has 0 bridgehead atoms. The summed E-state index contributed by atoms with van der Waals surface area (Å²) < 4.78 is 4.63. The van der Waals surface area contributed by atoms with Gasteiger partial charge in [0.2, 0.25) is 0 Å². The maximum atomic E-state index is 11.6. The van der Waals surface area contributed by atoms with Crippen LogP contribution in [-0.2, 0) is 27.2 Å². The van der Waals surface area contributed by atoms with E-state index in [4.69, 9.17) is 0 Å². The number of aryl methyl sites for hydroxylation is 1. The minimum Gasteiger partial charge on any atom is -0.386 e. The molecule has 0 saturated carbocycles. The highest BCUT2D eigenvalue weighted by Gasteiger charge is 2.28. The van der Waals surface area contributed by atoms with Crippen LogP contribution in [0.2, 0.25) is 0 Å². The maximum absolute atomic E-state index is 11.6. The van der Waals surface area contributed by atoms with Crippen LogP contribution in [0.25, 0.3) is 0 Å². The highest BCUT2D eigenvalue weighted by Crippen LogP contribution is 2.22. The van der Waals surface area contributed by atoms with Gasteiger partial charge in [0.15, 0.2) is 0 Å². The number of benzene rings is 2. The van der Waals surface area contributed by atoms with Gasteiger partial charge in [-0.05, 0) is 55.7 Å². The Kier molecular flexibility index (Phi) is 7.18. The third-order valence-corrected chi connectivity index (χ3v) is 5.33. The van der Waals surface area contributed by atoms with Crippen molar-refractivity contribution in [3.05, 3.63) is 82.4 Å². The standard InChI is InChI=1S/C25H28O3/c1-19-23(25(27)28-24(19)26)16-9-4-2-3-6-11-21-14-10-15-22(18-21)17-20-12-7-5-8-13-20/h5,7-8,10,12-15,18H,2-4,6,9,11,16-17H2,1H3. The van der Waals surface area contributed by atoms with E-state index in [0.717, 1.165) is 32.1 Å². The minimum atomic E-state index is -0.477. The van der Waals surface area contributed by atoms with Gasteiger partial charge in [-0.3, -0.25) is 0 Å². The molecule has 1 aliphatic heterocycles. The molecular formula is C25H28O3. The molecule has 0 fully saturated rings. The summed E-state index contributed by atoms with van der Waals surface area (Å²) in [5, 5.41) is 0. The van der Waals surface area contributed by atoms with E-state index >= 15 is 0 Å². The van der Waals surface area contributed by atoms with Crippen LogP contribution in [0, 0.1) is 0 Å². The van der Waals surface area contributed by atoms with E-state index < -0.39 is 11.9 Å². The van der Waals surface area contributed by atoms with Crippen LogP contribution < -0.4 is 0 Å². The van der Waals surface area contributed by atoms with Gasteiger partial charge in [0.1, 0.15) is 0 Å². The van der Waals surface area contributed by atoms with E-state index in [1.54, 1.807) is 6.92 Å². The second-order valence-electron chi connectivity index (χ2n) is 7.53. The Labute approximate surface area is 167 Å². The molecule has 0 atom stereocenters. The molecular weight excluding hydrogens is 348 g/mol. The monoisotopic (exact) mass is 376 g/mol. The highest BCUT2D eigenvalue weighted by molar-refractivity contribution is 6.11. The molecule has 0 spiro atoms. The van der Waals surface area contributed by atoms with E-state index in [9.17, 15) is 9.59 Å². The average molecular weight is 376 g/mol. The summed E-state index contributed by atoms with van der Waals surface area (Å²) in [6, 6.07) is 19.5. The van der Waals surface area contributed by atoms with Crippen molar-refractivity contribution >= 4 is 11.9 Å². The lowest BCUT2D eigenvalue weighted by Gasteiger charge is -2.06. The molecule has 3 nitrogen and oxygen atoms in total. The second-order valence-corrected chi connectivity index (χ2v) is 7.53. The fourth-order valence-corrected chi connectivity index (χ4v) is 3.68. The smallest absolute Gasteiger partial charge is 0.342 e. The number of carbonyl (C=O) groups excluding carboxylic acids is 2. The van der Waals surface area contributed by atoms with Gasteiger partial charge in [-0.25, -0.2) is 9.59 Å². The summed E-state index contributed by atoms with van der Waals surface area (Å²) in [5.74, 6) is -0.924. The van der Waals surface area contributed by atoms with Crippen LogP contribution >= 0.6 is 0 Å². The SMILES string of the molecule is CC1=C(CCCCCCCc2cccc(Cc3ccccc3)c2)C(=O)OC1=O. The van der Waals surface area contributed by atoms with Crippen molar-refractivity contribution in [1.82, 2.24) is 0 Å². The molecule has 0 unspecified atom stereocenters. The first-order chi connectivity index (χ1) is 13.6. The molecule has 0 amide bonds. The van der Waals surface area contributed by atoms with Crippen LogP contribution in [0.1, 0.15) is 62.1 Å². The molecule has 1 heterocycles. The molecule has 1 aliphatic rings. The van der Waals surface area contributed by atoms with Gasteiger partial charge in [0, 0.05) is 11.1 Å². The van der Waals surface area contributed by atoms with Crippen molar-refractivity contribution in [2.45, 2.75) is 58.3 Å². The molecule has 0 N–H and O–H groups in total. The predicted molar refractivity (Wildman–Crippen MR) is 111 cm³/mol. The Morgan fingerprint density at radius 2 is 1.32 bits per heavy atom. The van der Waals surface area contributed by atoms with E-state index in [-0.39, 0.29) is 0 Å². The number of hydrogen-bond acceptors (Lipinski definition) is 3. The summed E-state index contributed by atoms with van der Waals surface area (Å²) in [5.41, 5.74) is 5.17. The first kappa shape index (κ1) is 20.1. The number of rotatable bonds is 10. The van der Waals surface area contributed by atoms with Gasteiger partial charge in [0.05, 0.1) is 0 Å². The van der Waals surface area contributed by atoms with Gasteiger partial charge >= 0.3 is 11.9 Å². The molecule has 0 aromatic heterocycles. The number of unbranched alkanes of at least 4 members (excludes halogenated alkanes) is 4. The lowest BCUT2D eigenvalue weighted by atomic mass is 9.99. The quantitative estimate of drug-likeness (QED) is 0.310. The van der Waals surface area contributed by atoms with E-state index in [1.165, 1.54) is 29.5 Å². The summed E-state index contributed by atoms with van der Waals surface area (Å²) in [7, 11) is 0. The lowest BCUT2D eigenvalue weighted by molar-refractivity contribution is -0.151. The van der Waals surface area contributed by atoms with Crippen molar-refractivity contribution in [2.75, 3.05) is 0 Å². The zero-order chi connectivity index (χ0) is 19.8. The Hall–Kier alpha value is -2.68. The van der Waals surface area contributed by atoms with Crippen molar-refractivity contribution < 1.29 is 14.3 Å². The average Bonchev–Trinajstić information content (AvgIpc) is 2.94. The first-order valence-electron chi connectivity index (χ1n) is 10.2. The number of hydrogen-bond donors (Lipinski definition) is 0. The highest BCUT2D eigenvalue weighted by atomic mass is 16.6. The second kappa shape index (κ2) is 10.0. The molecule has 28 heavy (non-hydrogen) atoms. The van der Waals surface area contributed by atoms with Crippen LogP contribution in [0.3, 0.4) is 0 Å². The molecule has 3 heteroatoms. The van der Waals surface area contributed by atoms with Gasteiger partial charge < -0.3 is 4.74 Å². The van der Waals surface area contributed by atoms with Crippen molar-refractivity contribution in [1.29, 1.82) is 0 Å². The number of esters is 2. The molecule has 2 aromatic carbocycles. The Morgan fingerprint density at radius 3 is 2.04 bits per heavy atom. The van der Waals surface area contributed by atoms with Gasteiger partial charge in [0.25, 0.3) is 0 Å². The summed E-state index contributed by atoms with van der Waals surface area (Å²) in [6.45, 7) is 1.68. The van der Waals surface area contributed by atoms with Crippen molar-refractivity contribution in [3.63, 3.8) is 0 Å². The molecule has 0 radical (unpaired) electrons. The van der Waals surface area contributed by atoms with Gasteiger partial charge in [-0.2, -0.15) is 0 Å². The normalized spacial score (nSPS) is 13.9. The molecule has 0 saturated heterocycles. The lowest BCUT2D eigenvalue weighted by Crippen LogP contribution is -2.02. The Morgan fingerprint density at radius 1 is 0.679 bits per heavy atom. The Balaban J connectivity index is 1.34. The van der Waals surface area contributed by atoms with E-state index in [2.05, 4.69) is 59.3 Å². The maximum Gasteiger partial charge on any atom is 0.342 e. The summed E-state index contributed by atoms with van der Waals surface area (Å²) in [6.07, 6.45) is 8.26. The van der Waals surface area contributed by atoms with Gasteiger partial charge in [-0.1, -0.05) is 73.9 Å². The third kappa shape index (κ3) is 5.66. The molecule has 0 aliphatic carbocycles. The van der Waals surface area contributed by atoms with E-state index in [0.29, 0.717) is 17.6 Å². The first-order valence-corrected chi connectivity index (χ1v) is 10.2. The summed E-state index contributed by atoms with van der Waals surface area (Å²) >= 11 is 0. The number of cyclic esters (lactones) is 2. The van der Waals surface area contributed by atoms with Crippen molar-refractivity contribution in [3.8, 4) is 0 Å². The van der Waals surface area contributed by atoms with Crippen LogP contribution in [0.4, 0.5) is 0 Å². The molecule has 146 valence electrons. The van der Waals surface area contributed by atoms with E-state index in [1.807, 2.05) is 0 Å².